The Morgan fingerprint density at radius 1 is 1.04 bits per heavy atom. The molecule has 2 aromatic rings. The van der Waals surface area contributed by atoms with Crippen LogP contribution in [0.2, 0.25) is 0 Å². The van der Waals surface area contributed by atoms with Gasteiger partial charge < -0.3 is 10.1 Å². The normalized spacial score (nSPS) is 14.0. The number of anilines is 2. The van der Waals surface area contributed by atoms with Crippen molar-refractivity contribution in [2.24, 2.45) is 5.92 Å². The lowest BCUT2D eigenvalue weighted by molar-refractivity contribution is 0.102. The van der Waals surface area contributed by atoms with Gasteiger partial charge in [0.1, 0.15) is 5.75 Å². The molecule has 7 heteroatoms. The fraction of sp³-hybridized carbons (Fsp3) is 0.350. The number of nitrogens with one attached hydrogen (secondary N) is 2. The summed E-state index contributed by atoms with van der Waals surface area (Å²) in [6, 6.07) is 13.6. The Bertz CT molecular complexity index is 887. The minimum Gasteiger partial charge on any atom is -0.493 e. The number of hydrogen-bond donors (Lipinski definition) is 2. The van der Waals surface area contributed by atoms with Crippen molar-refractivity contribution in [3.63, 3.8) is 0 Å². The summed E-state index contributed by atoms with van der Waals surface area (Å²) in [4.78, 5) is 12.3. The predicted molar refractivity (Wildman–Crippen MR) is 107 cm³/mol. The second-order valence-corrected chi connectivity index (χ2v) is 9.24. The van der Waals surface area contributed by atoms with Gasteiger partial charge in [-0.2, -0.15) is 0 Å². The molecule has 0 saturated heterocycles. The second-order valence-electron chi connectivity index (χ2n) is 7.01. The zero-order chi connectivity index (χ0) is 19.4. The molecule has 1 saturated carbocycles. The zero-order valence-electron chi connectivity index (χ0n) is 15.4. The van der Waals surface area contributed by atoms with E-state index in [1.54, 1.807) is 50.2 Å². The Morgan fingerprint density at radius 2 is 1.63 bits per heavy atom. The molecule has 0 atom stereocenters. The third kappa shape index (κ3) is 5.47. The summed E-state index contributed by atoms with van der Waals surface area (Å²) in [5, 5.41) is 2.28. The van der Waals surface area contributed by atoms with Gasteiger partial charge in [-0.15, -0.1) is 0 Å². The van der Waals surface area contributed by atoms with Gasteiger partial charge in [0.15, 0.2) is 0 Å². The molecule has 0 heterocycles. The number of ether oxygens (including phenoxy) is 1. The van der Waals surface area contributed by atoms with Crippen LogP contribution >= 0.6 is 0 Å². The smallest absolute Gasteiger partial charge is 0.255 e. The Labute approximate surface area is 160 Å². The van der Waals surface area contributed by atoms with E-state index in [1.807, 2.05) is 12.1 Å². The maximum Gasteiger partial charge on any atom is 0.255 e. The third-order valence-electron chi connectivity index (χ3n) is 4.32. The van der Waals surface area contributed by atoms with Gasteiger partial charge in [-0.05, 0) is 81.1 Å². The zero-order valence-corrected chi connectivity index (χ0v) is 16.3. The van der Waals surface area contributed by atoms with Gasteiger partial charge in [-0.3, -0.25) is 9.52 Å². The van der Waals surface area contributed by atoms with E-state index in [0.717, 1.165) is 12.4 Å². The van der Waals surface area contributed by atoms with Crippen LogP contribution in [0.3, 0.4) is 0 Å². The highest BCUT2D eigenvalue weighted by atomic mass is 32.2. The molecule has 3 rings (SSSR count). The van der Waals surface area contributed by atoms with Crippen LogP contribution in [0.4, 0.5) is 11.4 Å². The van der Waals surface area contributed by atoms with E-state index < -0.39 is 15.3 Å². The summed E-state index contributed by atoms with van der Waals surface area (Å²) in [5.74, 6) is 1.22. The van der Waals surface area contributed by atoms with E-state index in [1.165, 1.54) is 12.8 Å². The number of hydrogen-bond acceptors (Lipinski definition) is 4. The van der Waals surface area contributed by atoms with Gasteiger partial charge in [0, 0.05) is 16.9 Å². The molecule has 2 aromatic carbocycles. The molecule has 0 spiro atoms. The first-order chi connectivity index (χ1) is 12.8. The lowest BCUT2D eigenvalue weighted by Gasteiger charge is -2.11. The van der Waals surface area contributed by atoms with Crippen molar-refractivity contribution in [3.8, 4) is 5.75 Å². The van der Waals surface area contributed by atoms with Gasteiger partial charge in [-0.1, -0.05) is 0 Å². The van der Waals surface area contributed by atoms with Crippen LogP contribution in [0.1, 0.15) is 37.0 Å². The van der Waals surface area contributed by atoms with Crippen molar-refractivity contribution in [2.45, 2.75) is 31.9 Å². The van der Waals surface area contributed by atoms with Crippen LogP contribution in [0.25, 0.3) is 0 Å². The molecule has 1 fully saturated rings. The molecule has 0 unspecified atom stereocenters. The SMILES string of the molecule is CC(C)S(=O)(=O)Nc1ccc(C(=O)Nc2ccc(OCC3CC3)cc2)cc1. The van der Waals surface area contributed by atoms with E-state index in [2.05, 4.69) is 10.0 Å². The monoisotopic (exact) mass is 388 g/mol. The molecule has 0 bridgehead atoms. The quantitative estimate of drug-likeness (QED) is 0.719. The summed E-state index contributed by atoms with van der Waals surface area (Å²) in [6.45, 7) is 3.96. The summed E-state index contributed by atoms with van der Waals surface area (Å²) in [7, 11) is -3.41. The molecule has 1 aliphatic rings. The number of rotatable bonds is 8. The first-order valence-electron chi connectivity index (χ1n) is 8.99. The Kier molecular flexibility index (Phi) is 5.70. The molecule has 27 heavy (non-hydrogen) atoms. The van der Waals surface area contributed by atoms with Crippen LogP contribution in [-0.2, 0) is 10.0 Å². The minimum atomic E-state index is -3.41. The van der Waals surface area contributed by atoms with E-state index >= 15 is 0 Å². The fourth-order valence-corrected chi connectivity index (χ4v) is 3.01. The van der Waals surface area contributed by atoms with Gasteiger partial charge >= 0.3 is 0 Å². The van der Waals surface area contributed by atoms with Crippen molar-refractivity contribution in [3.05, 3.63) is 54.1 Å². The van der Waals surface area contributed by atoms with E-state index in [4.69, 9.17) is 4.74 Å². The Hall–Kier alpha value is -2.54. The summed E-state index contributed by atoms with van der Waals surface area (Å²) in [5.41, 5.74) is 1.54. The average molecular weight is 388 g/mol. The molecule has 6 nitrogen and oxygen atoms in total. The Balaban J connectivity index is 1.57. The first-order valence-corrected chi connectivity index (χ1v) is 10.5. The van der Waals surface area contributed by atoms with Crippen molar-refractivity contribution in [2.75, 3.05) is 16.6 Å². The van der Waals surface area contributed by atoms with Crippen LogP contribution in [0.5, 0.6) is 5.75 Å². The highest BCUT2D eigenvalue weighted by Gasteiger charge is 2.21. The maximum absolute atomic E-state index is 12.3. The molecule has 0 aromatic heterocycles. The first kappa shape index (κ1) is 19.2. The largest absolute Gasteiger partial charge is 0.493 e. The van der Waals surface area contributed by atoms with E-state index in [0.29, 0.717) is 22.9 Å². The molecule has 144 valence electrons. The second kappa shape index (κ2) is 8.00. The average Bonchev–Trinajstić information content (AvgIpc) is 3.46. The summed E-state index contributed by atoms with van der Waals surface area (Å²) < 4.78 is 31.9. The van der Waals surface area contributed by atoms with Crippen LogP contribution in [-0.4, -0.2) is 26.2 Å². The Morgan fingerprint density at radius 3 is 2.19 bits per heavy atom. The van der Waals surface area contributed by atoms with Crippen molar-refractivity contribution in [1.29, 1.82) is 0 Å². The number of benzene rings is 2. The van der Waals surface area contributed by atoms with Crippen LogP contribution in [0.15, 0.2) is 48.5 Å². The number of amides is 1. The lowest BCUT2D eigenvalue weighted by atomic mass is 10.2. The standard InChI is InChI=1S/C20H24N2O4S/c1-14(2)27(24,25)22-18-7-5-16(6-8-18)20(23)21-17-9-11-19(12-10-17)26-13-15-3-4-15/h5-12,14-15,22H,3-4,13H2,1-2H3,(H,21,23). The van der Waals surface area contributed by atoms with Crippen LogP contribution < -0.4 is 14.8 Å². The predicted octanol–water partition coefficient (Wildman–Crippen LogP) is 3.88. The molecular formula is C20H24N2O4S. The molecule has 0 radical (unpaired) electrons. The summed E-state index contributed by atoms with van der Waals surface area (Å²) in [6.07, 6.45) is 2.48. The minimum absolute atomic E-state index is 0.264. The van der Waals surface area contributed by atoms with Crippen molar-refractivity contribution >= 4 is 27.3 Å². The highest BCUT2D eigenvalue weighted by molar-refractivity contribution is 7.93. The number of sulfonamides is 1. The van der Waals surface area contributed by atoms with E-state index in [9.17, 15) is 13.2 Å². The molecular weight excluding hydrogens is 364 g/mol. The topological polar surface area (TPSA) is 84.5 Å². The highest BCUT2D eigenvalue weighted by Crippen LogP contribution is 2.29. The number of carbonyl (C=O) groups excluding carboxylic acids is 1. The number of carbonyl (C=O) groups is 1. The molecule has 2 N–H and O–H groups in total. The fourth-order valence-electron chi connectivity index (χ4n) is 2.31. The molecule has 1 amide bonds. The lowest BCUT2D eigenvalue weighted by Crippen LogP contribution is -2.22. The maximum atomic E-state index is 12.3. The molecule has 1 aliphatic carbocycles. The van der Waals surface area contributed by atoms with Gasteiger partial charge in [0.05, 0.1) is 11.9 Å². The van der Waals surface area contributed by atoms with Crippen molar-refractivity contribution < 1.29 is 17.9 Å². The summed E-state index contributed by atoms with van der Waals surface area (Å²) >= 11 is 0. The van der Waals surface area contributed by atoms with Gasteiger partial charge in [0.25, 0.3) is 5.91 Å². The van der Waals surface area contributed by atoms with Crippen molar-refractivity contribution in [1.82, 2.24) is 0 Å². The van der Waals surface area contributed by atoms with Gasteiger partial charge in [0.2, 0.25) is 10.0 Å². The van der Waals surface area contributed by atoms with E-state index in [-0.39, 0.29) is 5.91 Å². The molecule has 0 aliphatic heterocycles. The third-order valence-corrected chi connectivity index (χ3v) is 6.08. The van der Waals surface area contributed by atoms with Gasteiger partial charge in [-0.25, -0.2) is 8.42 Å². The van der Waals surface area contributed by atoms with Crippen LogP contribution in [0, 0.1) is 5.92 Å².